The van der Waals surface area contributed by atoms with Gasteiger partial charge in [0, 0.05) is 6.54 Å². The van der Waals surface area contributed by atoms with Crippen molar-refractivity contribution in [2.24, 2.45) is 5.73 Å². The van der Waals surface area contributed by atoms with E-state index in [1.165, 1.54) is 9.87 Å². The van der Waals surface area contributed by atoms with Crippen LogP contribution >= 0.6 is 12.8 Å². The number of hydrogen-bond acceptors (Lipinski definition) is 2. The molecule has 2 amide bonds. The van der Waals surface area contributed by atoms with E-state index in [1.54, 1.807) is 0 Å². The molecule has 1 rings (SSSR count). The second-order valence-corrected chi connectivity index (χ2v) is 3.18. The minimum absolute atomic E-state index is 0.515. The van der Waals surface area contributed by atoms with E-state index in [9.17, 15) is 4.79 Å². The van der Waals surface area contributed by atoms with Crippen molar-refractivity contribution in [3.05, 3.63) is 35.9 Å². The molecule has 0 fully saturated rings. The van der Waals surface area contributed by atoms with Crippen molar-refractivity contribution in [1.29, 1.82) is 0 Å². The van der Waals surface area contributed by atoms with Crippen LogP contribution in [0.5, 0.6) is 0 Å². The average Bonchev–Trinajstić information content (AvgIpc) is 2.15. The smallest absolute Gasteiger partial charge is 0.324 e. The predicted octanol–water partition coefficient (Wildman–Crippen LogP) is 1.45. The number of amides is 2. The summed E-state index contributed by atoms with van der Waals surface area (Å²) in [6, 6.07) is 9.37. The first-order valence-corrected chi connectivity index (χ1v) is 4.40. The van der Waals surface area contributed by atoms with Crippen molar-refractivity contribution >= 4 is 18.8 Å². The lowest BCUT2D eigenvalue weighted by Crippen LogP contribution is -2.29. The Morgan fingerprint density at radius 3 is 2.54 bits per heavy atom. The lowest BCUT2D eigenvalue weighted by molar-refractivity contribution is 0.235. The van der Waals surface area contributed by atoms with Gasteiger partial charge in [0.25, 0.3) is 0 Å². The molecule has 70 valence electrons. The van der Waals surface area contributed by atoms with Crippen LogP contribution < -0.4 is 5.73 Å². The molecule has 0 aliphatic rings. The summed E-state index contributed by atoms with van der Waals surface area (Å²) in [6.07, 6.45) is 0.771. The third-order valence-corrected chi connectivity index (χ3v) is 2.11. The van der Waals surface area contributed by atoms with E-state index in [4.69, 9.17) is 5.73 Å². The van der Waals surface area contributed by atoms with Gasteiger partial charge in [0.05, 0.1) is 0 Å². The first-order chi connectivity index (χ1) is 6.20. The summed E-state index contributed by atoms with van der Waals surface area (Å²) in [6.45, 7) is 0.530. The van der Waals surface area contributed by atoms with Crippen LogP contribution in [0.25, 0.3) is 0 Å². The number of carbonyl (C=O) groups is 1. The summed E-state index contributed by atoms with van der Waals surface area (Å²) in [7, 11) is 0. The van der Waals surface area contributed by atoms with Gasteiger partial charge < -0.3 is 5.73 Å². The first-order valence-electron chi connectivity index (χ1n) is 4.00. The standard InChI is InChI=1S/C9H12N2OS/c10-9(12)11(13)7-6-8-4-2-1-3-5-8/h1-5,13H,6-7H2,(H2,10,12). The highest BCUT2D eigenvalue weighted by Crippen LogP contribution is 2.02. The van der Waals surface area contributed by atoms with E-state index < -0.39 is 6.03 Å². The molecule has 1 aromatic rings. The molecular weight excluding hydrogens is 184 g/mol. The SMILES string of the molecule is NC(=O)N(S)CCc1ccccc1. The summed E-state index contributed by atoms with van der Waals surface area (Å²) in [4.78, 5) is 10.6. The summed E-state index contributed by atoms with van der Waals surface area (Å²) in [5.74, 6) is 0. The minimum Gasteiger partial charge on any atom is -0.351 e. The Morgan fingerprint density at radius 2 is 2.00 bits per heavy atom. The van der Waals surface area contributed by atoms with Crippen LogP contribution in [0.4, 0.5) is 4.79 Å². The number of carbonyl (C=O) groups excluding carboxylic acids is 1. The maximum Gasteiger partial charge on any atom is 0.324 e. The highest BCUT2D eigenvalue weighted by atomic mass is 32.1. The van der Waals surface area contributed by atoms with Gasteiger partial charge >= 0.3 is 6.03 Å². The number of rotatable bonds is 3. The molecule has 0 radical (unpaired) electrons. The van der Waals surface area contributed by atoms with Gasteiger partial charge in [-0.05, 0) is 12.0 Å². The molecule has 0 atom stereocenters. The third kappa shape index (κ3) is 3.38. The Morgan fingerprint density at radius 1 is 1.38 bits per heavy atom. The fourth-order valence-corrected chi connectivity index (χ4v) is 1.09. The van der Waals surface area contributed by atoms with Gasteiger partial charge in [-0.1, -0.05) is 43.1 Å². The molecule has 0 heterocycles. The molecule has 4 heteroatoms. The zero-order valence-corrected chi connectivity index (χ0v) is 8.08. The van der Waals surface area contributed by atoms with Crippen LogP contribution in [-0.2, 0) is 6.42 Å². The molecule has 0 aromatic heterocycles. The number of thiol groups is 1. The van der Waals surface area contributed by atoms with Crippen LogP contribution in [0.3, 0.4) is 0 Å². The normalized spacial score (nSPS) is 9.62. The van der Waals surface area contributed by atoms with Gasteiger partial charge in [-0.2, -0.15) is 0 Å². The van der Waals surface area contributed by atoms with E-state index in [2.05, 4.69) is 12.8 Å². The molecule has 1 aromatic carbocycles. The Kier molecular flexibility index (Phi) is 3.64. The minimum atomic E-state index is -0.515. The van der Waals surface area contributed by atoms with E-state index >= 15 is 0 Å². The van der Waals surface area contributed by atoms with Crippen LogP contribution in [0.15, 0.2) is 30.3 Å². The molecule has 0 saturated carbocycles. The fourth-order valence-electron chi connectivity index (χ4n) is 0.990. The number of urea groups is 1. The lowest BCUT2D eigenvalue weighted by atomic mass is 10.1. The Hall–Kier alpha value is -1.16. The first kappa shape index (κ1) is 9.92. The van der Waals surface area contributed by atoms with Crippen LogP contribution in [0, 0.1) is 0 Å². The van der Waals surface area contributed by atoms with Gasteiger partial charge in [-0.15, -0.1) is 0 Å². The maximum atomic E-state index is 10.6. The predicted molar refractivity (Wildman–Crippen MR) is 55.4 cm³/mol. The monoisotopic (exact) mass is 196 g/mol. The summed E-state index contributed by atoms with van der Waals surface area (Å²) in [5, 5.41) is 0. The van der Waals surface area contributed by atoms with Crippen molar-refractivity contribution in [3.63, 3.8) is 0 Å². The highest BCUT2D eigenvalue weighted by molar-refractivity contribution is 7.78. The Labute approximate surface area is 83.1 Å². The average molecular weight is 196 g/mol. The third-order valence-electron chi connectivity index (χ3n) is 1.71. The number of nitrogens with zero attached hydrogens (tertiary/aromatic N) is 1. The number of nitrogens with two attached hydrogens (primary N) is 1. The van der Waals surface area contributed by atoms with Gasteiger partial charge in [0.15, 0.2) is 0 Å². The lowest BCUT2D eigenvalue weighted by Gasteiger charge is -2.11. The van der Waals surface area contributed by atoms with E-state index in [-0.39, 0.29) is 0 Å². The van der Waals surface area contributed by atoms with Crippen molar-refractivity contribution < 1.29 is 4.79 Å². The van der Waals surface area contributed by atoms with E-state index in [0.29, 0.717) is 6.54 Å². The number of primary amides is 1. The molecule has 0 aliphatic heterocycles. The number of hydrogen-bond donors (Lipinski definition) is 2. The van der Waals surface area contributed by atoms with Crippen LogP contribution in [-0.4, -0.2) is 16.9 Å². The van der Waals surface area contributed by atoms with E-state index in [1.807, 2.05) is 30.3 Å². The zero-order chi connectivity index (χ0) is 9.68. The molecule has 0 saturated heterocycles. The summed E-state index contributed by atoms with van der Waals surface area (Å²) >= 11 is 3.91. The largest absolute Gasteiger partial charge is 0.351 e. The van der Waals surface area contributed by atoms with Crippen molar-refractivity contribution in [3.8, 4) is 0 Å². The second-order valence-electron chi connectivity index (χ2n) is 2.70. The van der Waals surface area contributed by atoms with Crippen molar-refractivity contribution in [2.45, 2.75) is 6.42 Å². The molecule has 0 spiro atoms. The van der Waals surface area contributed by atoms with Gasteiger partial charge in [0.2, 0.25) is 0 Å². The van der Waals surface area contributed by atoms with Crippen LogP contribution in [0.1, 0.15) is 5.56 Å². The maximum absolute atomic E-state index is 10.6. The van der Waals surface area contributed by atoms with Gasteiger partial charge in [-0.3, -0.25) is 4.31 Å². The Bertz CT molecular complexity index is 276. The summed E-state index contributed by atoms with van der Waals surface area (Å²) in [5.41, 5.74) is 6.18. The molecule has 13 heavy (non-hydrogen) atoms. The molecule has 0 aliphatic carbocycles. The second kappa shape index (κ2) is 4.77. The zero-order valence-electron chi connectivity index (χ0n) is 7.18. The van der Waals surface area contributed by atoms with Crippen molar-refractivity contribution in [2.75, 3.05) is 6.54 Å². The van der Waals surface area contributed by atoms with E-state index in [0.717, 1.165) is 6.42 Å². The topological polar surface area (TPSA) is 46.3 Å². The molecular formula is C9H12N2OS. The summed E-state index contributed by atoms with van der Waals surface area (Å²) < 4.78 is 1.20. The highest BCUT2D eigenvalue weighted by Gasteiger charge is 2.03. The quantitative estimate of drug-likeness (QED) is 0.706. The fraction of sp³-hybridized carbons (Fsp3) is 0.222. The van der Waals surface area contributed by atoms with Gasteiger partial charge in [0.1, 0.15) is 0 Å². The van der Waals surface area contributed by atoms with Crippen molar-refractivity contribution in [1.82, 2.24) is 4.31 Å². The number of benzene rings is 1. The molecule has 3 nitrogen and oxygen atoms in total. The molecule has 2 N–H and O–H groups in total. The van der Waals surface area contributed by atoms with Gasteiger partial charge in [-0.25, -0.2) is 4.79 Å². The molecule has 0 unspecified atom stereocenters. The molecule has 0 bridgehead atoms. The Balaban J connectivity index is 2.39. The van der Waals surface area contributed by atoms with Crippen LogP contribution in [0.2, 0.25) is 0 Å².